The molecule has 0 aliphatic carbocycles. The Labute approximate surface area is 93.0 Å². The lowest BCUT2D eigenvalue weighted by Gasteiger charge is -2.10. The number of nitriles is 1. The summed E-state index contributed by atoms with van der Waals surface area (Å²) >= 11 is 0. The summed E-state index contributed by atoms with van der Waals surface area (Å²) in [4.78, 5) is 3.19. The third kappa shape index (κ3) is 3.25. The standard InChI is InChI=1S/C9H10FN3O2S/c1-7(2-3-11)13-16(14,15)9-4-8(10)5-12-6-9/h4-7,13H,2H2,1H3. The summed E-state index contributed by atoms with van der Waals surface area (Å²) in [6.07, 6.45) is 2.00. The maximum atomic E-state index is 12.8. The average Bonchev–Trinajstić information content (AvgIpc) is 2.17. The molecule has 0 fully saturated rings. The van der Waals surface area contributed by atoms with Crippen LogP contribution in [0.25, 0.3) is 0 Å². The first kappa shape index (κ1) is 12.5. The summed E-state index contributed by atoms with van der Waals surface area (Å²) in [7, 11) is -3.81. The van der Waals surface area contributed by atoms with Crippen molar-refractivity contribution in [2.75, 3.05) is 0 Å². The Hall–Kier alpha value is -1.52. The number of pyridine rings is 1. The molecule has 0 amide bonds. The molecule has 16 heavy (non-hydrogen) atoms. The van der Waals surface area contributed by atoms with Crippen LogP contribution in [0.4, 0.5) is 4.39 Å². The van der Waals surface area contributed by atoms with Crippen molar-refractivity contribution in [3.63, 3.8) is 0 Å². The lowest BCUT2D eigenvalue weighted by atomic mass is 10.3. The van der Waals surface area contributed by atoms with E-state index in [-0.39, 0.29) is 11.3 Å². The molecular weight excluding hydrogens is 233 g/mol. The summed E-state index contributed by atoms with van der Waals surface area (Å²) in [5.41, 5.74) is 0. The third-order valence-electron chi connectivity index (χ3n) is 1.74. The minimum absolute atomic E-state index is 0.0436. The van der Waals surface area contributed by atoms with Crippen LogP contribution in [0.15, 0.2) is 23.4 Å². The fraction of sp³-hybridized carbons (Fsp3) is 0.333. The highest BCUT2D eigenvalue weighted by Gasteiger charge is 2.17. The second kappa shape index (κ2) is 5.01. The highest BCUT2D eigenvalue weighted by atomic mass is 32.2. The maximum absolute atomic E-state index is 12.8. The second-order valence-corrected chi connectivity index (χ2v) is 4.94. The van der Waals surface area contributed by atoms with Crippen molar-refractivity contribution in [2.24, 2.45) is 0 Å². The minimum atomic E-state index is -3.81. The average molecular weight is 243 g/mol. The minimum Gasteiger partial charge on any atom is -0.260 e. The lowest BCUT2D eigenvalue weighted by molar-refractivity contribution is 0.559. The number of aromatic nitrogens is 1. The molecule has 5 nitrogen and oxygen atoms in total. The first-order valence-electron chi connectivity index (χ1n) is 4.45. The third-order valence-corrected chi connectivity index (χ3v) is 3.30. The zero-order chi connectivity index (χ0) is 12.2. The fourth-order valence-electron chi connectivity index (χ4n) is 1.05. The summed E-state index contributed by atoms with van der Waals surface area (Å²) < 4.78 is 38.3. The topological polar surface area (TPSA) is 82.9 Å². The highest BCUT2D eigenvalue weighted by Crippen LogP contribution is 2.09. The number of rotatable bonds is 4. The first-order valence-corrected chi connectivity index (χ1v) is 5.94. The van der Waals surface area contributed by atoms with Gasteiger partial charge in [0, 0.05) is 12.2 Å². The van der Waals surface area contributed by atoms with Gasteiger partial charge >= 0.3 is 0 Å². The number of sulfonamides is 1. The molecular formula is C9H10FN3O2S. The van der Waals surface area contributed by atoms with Crippen LogP contribution in [-0.4, -0.2) is 19.4 Å². The van der Waals surface area contributed by atoms with Crippen LogP contribution in [0.1, 0.15) is 13.3 Å². The van der Waals surface area contributed by atoms with Crippen LogP contribution < -0.4 is 4.72 Å². The summed E-state index contributed by atoms with van der Waals surface area (Å²) in [5.74, 6) is -0.726. The molecule has 0 saturated heterocycles. The van der Waals surface area contributed by atoms with Gasteiger partial charge in [0.1, 0.15) is 10.7 Å². The van der Waals surface area contributed by atoms with Crippen molar-refractivity contribution in [1.82, 2.24) is 9.71 Å². The van der Waals surface area contributed by atoms with E-state index in [2.05, 4.69) is 9.71 Å². The van der Waals surface area contributed by atoms with Crippen molar-refractivity contribution >= 4 is 10.0 Å². The van der Waals surface area contributed by atoms with E-state index < -0.39 is 21.9 Å². The Morgan fingerprint density at radius 3 is 2.88 bits per heavy atom. The number of halogens is 1. The fourth-order valence-corrected chi connectivity index (χ4v) is 2.27. The molecule has 0 radical (unpaired) electrons. The van der Waals surface area contributed by atoms with Crippen molar-refractivity contribution < 1.29 is 12.8 Å². The van der Waals surface area contributed by atoms with Gasteiger partial charge in [0.2, 0.25) is 10.0 Å². The normalized spacial score (nSPS) is 13.1. The molecule has 1 aromatic heterocycles. The number of nitrogens with zero attached hydrogens (tertiary/aromatic N) is 2. The molecule has 0 aliphatic heterocycles. The van der Waals surface area contributed by atoms with Crippen molar-refractivity contribution in [3.8, 4) is 6.07 Å². The lowest BCUT2D eigenvalue weighted by Crippen LogP contribution is -2.32. The molecule has 0 aromatic carbocycles. The van der Waals surface area contributed by atoms with Crippen molar-refractivity contribution in [1.29, 1.82) is 5.26 Å². The van der Waals surface area contributed by atoms with Gasteiger partial charge in [-0.05, 0) is 13.0 Å². The molecule has 86 valence electrons. The van der Waals surface area contributed by atoms with E-state index in [9.17, 15) is 12.8 Å². The van der Waals surface area contributed by atoms with Crippen LogP contribution in [0.5, 0.6) is 0 Å². The van der Waals surface area contributed by atoms with Gasteiger partial charge in [-0.1, -0.05) is 0 Å². The molecule has 1 heterocycles. The molecule has 0 bridgehead atoms. The zero-order valence-corrected chi connectivity index (χ0v) is 9.33. The van der Waals surface area contributed by atoms with E-state index in [1.165, 1.54) is 0 Å². The molecule has 7 heteroatoms. The van der Waals surface area contributed by atoms with E-state index in [0.717, 1.165) is 18.5 Å². The summed E-state index contributed by atoms with van der Waals surface area (Å²) in [6.45, 7) is 1.55. The van der Waals surface area contributed by atoms with Gasteiger partial charge < -0.3 is 0 Å². The smallest absolute Gasteiger partial charge is 0.242 e. The van der Waals surface area contributed by atoms with Gasteiger partial charge in [0.25, 0.3) is 0 Å². The molecule has 1 unspecified atom stereocenters. The summed E-state index contributed by atoms with van der Waals surface area (Å²) in [6, 6.07) is 2.18. The number of nitrogens with one attached hydrogen (secondary N) is 1. The van der Waals surface area contributed by atoms with E-state index in [1.807, 2.05) is 6.07 Å². The number of hydrogen-bond acceptors (Lipinski definition) is 4. The first-order chi connectivity index (χ1) is 7.45. The summed E-state index contributed by atoms with van der Waals surface area (Å²) in [5, 5.41) is 8.39. The largest absolute Gasteiger partial charge is 0.260 e. The Morgan fingerprint density at radius 1 is 1.62 bits per heavy atom. The van der Waals surface area contributed by atoms with Gasteiger partial charge in [0.05, 0.1) is 18.7 Å². The molecule has 1 atom stereocenters. The van der Waals surface area contributed by atoms with E-state index >= 15 is 0 Å². The maximum Gasteiger partial charge on any atom is 0.242 e. The Morgan fingerprint density at radius 2 is 2.31 bits per heavy atom. The number of hydrogen-bond donors (Lipinski definition) is 1. The Bertz CT molecular complexity index is 510. The Kier molecular flexibility index (Phi) is 3.93. The highest BCUT2D eigenvalue weighted by molar-refractivity contribution is 7.89. The van der Waals surface area contributed by atoms with E-state index in [4.69, 9.17) is 5.26 Å². The zero-order valence-electron chi connectivity index (χ0n) is 8.51. The van der Waals surface area contributed by atoms with Crippen molar-refractivity contribution in [2.45, 2.75) is 24.3 Å². The monoisotopic (exact) mass is 243 g/mol. The van der Waals surface area contributed by atoms with Gasteiger partial charge in [-0.3, -0.25) is 4.98 Å². The van der Waals surface area contributed by atoms with Crippen LogP contribution >= 0.6 is 0 Å². The van der Waals surface area contributed by atoms with Crippen molar-refractivity contribution in [3.05, 3.63) is 24.3 Å². The SMILES string of the molecule is CC(CC#N)NS(=O)(=O)c1cncc(F)c1. The Balaban J connectivity index is 2.91. The van der Waals surface area contributed by atoms with Gasteiger partial charge in [0.15, 0.2) is 0 Å². The molecule has 1 N–H and O–H groups in total. The van der Waals surface area contributed by atoms with Gasteiger partial charge in [-0.2, -0.15) is 5.26 Å². The van der Waals surface area contributed by atoms with Crippen LogP contribution in [-0.2, 0) is 10.0 Å². The molecule has 0 spiro atoms. The molecule has 1 rings (SSSR count). The second-order valence-electron chi connectivity index (χ2n) is 3.22. The molecule has 1 aromatic rings. The van der Waals surface area contributed by atoms with Crippen LogP contribution in [0.3, 0.4) is 0 Å². The van der Waals surface area contributed by atoms with E-state index in [1.54, 1.807) is 6.92 Å². The molecule has 0 saturated carbocycles. The predicted octanol–water partition coefficient (Wildman–Crippen LogP) is 0.801. The van der Waals surface area contributed by atoms with Crippen LogP contribution in [0, 0.1) is 17.1 Å². The predicted molar refractivity (Wildman–Crippen MR) is 54.2 cm³/mol. The molecule has 0 aliphatic rings. The van der Waals surface area contributed by atoms with Crippen LogP contribution in [0.2, 0.25) is 0 Å². The van der Waals surface area contributed by atoms with Gasteiger partial charge in [-0.25, -0.2) is 17.5 Å². The van der Waals surface area contributed by atoms with E-state index in [0.29, 0.717) is 0 Å². The van der Waals surface area contributed by atoms with Gasteiger partial charge in [-0.15, -0.1) is 0 Å². The quantitative estimate of drug-likeness (QED) is 0.847.